The quantitative estimate of drug-likeness (QED) is 0.690. The van der Waals surface area contributed by atoms with Crippen LogP contribution < -0.4 is 9.47 Å². The number of ether oxygens (including phenoxy) is 2. The van der Waals surface area contributed by atoms with Crippen molar-refractivity contribution >= 4 is 6.29 Å². The van der Waals surface area contributed by atoms with Crippen molar-refractivity contribution in [3.8, 4) is 11.5 Å². The summed E-state index contributed by atoms with van der Waals surface area (Å²) in [7, 11) is 0. The lowest BCUT2D eigenvalue weighted by atomic mass is 10.1. The van der Waals surface area contributed by atoms with Crippen molar-refractivity contribution in [2.45, 2.75) is 32.6 Å². The van der Waals surface area contributed by atoms with Gasteiger partial charge in [0.15, 0.2) is 6.29 Å². The highest BCUT2D eigenvalue weighted by atomic mass is 16.5. The highest BCUT2D eigenvalue weighted by molar-refractivity contribution is 5.79. The minimum Gasteiger partial charge on any atom is -0.493 e. The molecule has 1 aromatic carbocycles. The van der Waals surface area contributed by atoms with Crippen LogP contribution in [-0.2, 0) is 0 Å². The first-order valence-corrected chi connectivity index (χ1v) is 7.90. The number of aldehydes is 1. The van der Waals surface area contributed by atoms with Gasteiger partial charge < -0.3 is 9.47 Å². The summed E-state index contributed by atoms with van der Waals surface area (Å²) in [6, 6.07) is 5.39. The van der Waals surface area contributed by atoms with Gasteiger partial charge in [-0.3, -0.25) is 9.69 Å². The molecule has 0 aliphatic carbocycles. The summed E-state index contributed by atoms with van der Waals surface area (Å²) < 4.78 is 11.4. The molecular weight excluding hydrogens is 266 g/mol. The van der Waals surface area contributed by atoms with E-state index in [-0.39, 0.29) is 0 Å². The summed E-state index contributed by atoms with van der Waals surface area (Å²) in [4.78, 5) is 13.5. The highest BCUT2D eigenvalue weighted by Crippen LogP contribution is 2.24. The Morgan fingerprint density at radius 1 is 1.14 bits per heavy atom. The molecule has 0 bridgehead atoms. The van der Waals surface area contributed by atoms with Crippen LogP contribution in [0.4, 0.5) is 0 Å². The maximum Gasteiger partial charge on any atom is 0.153 e. The Morgan fingerprint density at radius 3 is 2.67 bits per heavy atom. The first-order chi connectivity index (χ1) is 10.3. The van der Waals surface area contributed by atoms with Crippen LogP contribution in [-0.4, -0.2) is 44.0 Å². The number of benzene rings is 1. The van der Waals surface area contributed by atoms with E-state index in [1.807, 2.05) is 12.1 Å². The molecule has 0 amide bonds. The average Bonchev–Trinajstić information content (AvgIpc) is 2.54. The summed E-state index contributed by atoms with van der Waals surface area (Å²) in [5.41, 5.74) is 0.581. The monoisotopic (exact) mass is 291 g/mol. The van der Waals surface area contributed by atoms with E-state index in [0.29, 0.717) is 24.5 Å². The van der Waals surface area contributed by atoms with Crippen LogP contribution in [0.5, 0.6) is 11.5 Å². The van der Waals surface area contributed by atoms with Crippen LogP contribution in [0.3, 0.4) is 0 Å². The molecule has 0 radical (unpaired) electrons. The first-order valence-electron chi connectivity index (χ1n) is 7.90. The predicted octanol–water partition coefficient (Wildman–Crippen LogP) is 3.15. The van der Waals surface area contributed by atoms with E-state index in [1.54, 1.807) is 6.07 Å². The Labute approximate surface area is 127 Å². The number of hydrogen-bond acceptors (Lipinski definition) is 4. The molecule has 0 atom stereocenters. The van der Waals surface area contributed by atoms with Crippen molar-refractivity contribution in [1.82, 2.24) is 4.90 Å². The fourth-order valence-corrected chi connectivity index (χ4v) is 2.51. The van der Waals surface area contributed by atoms with Gasteiger partial charge in [0, 0.05) is 12.6 Å². The van der Waals surface area contributed by atoms with Gasteiger partial charge in [-0.05, 0) is 44.5 Å². The normalized spacial score (nSPS) is 15.7. The van der Waals surface area contributed by atoms with Gasteiger partial charge in [0.1, 0.15) is 18.1 Å². The fraction of sp³-hybridized carbons (Fsp3) is 0.588. The zero-order valence-corrected chi connectivity index (χ0v) is 12.8. The highest BCUT2D eigenvalue weighted by Gasteiger charge is 2.11. The van der Waals surface area contributed by atoms with Crippen molar-refractivity contribution in [3.05, 3.63) is 23.8 Å². The van der Waals surface area contributed by atoms with Crippen LogP contribution in [0.2, 0.25) is 0 Å². The van der Waals surface area contributed by atoms with Crippen LogP contribution in [0.1, 0.15) is 43.0 Å². The Bertz CT molecular complexity index is 442. The molecule has 21 heavy (non-hydrogen) atoms. The second-order valence-electron chi connectivity index (χ2n) is 5.42. The molecule has 0 N–H and O–H groups in total. The summed E-state index contributed by atoms with van der Waals surface area (Å²) in [6.45, 7) is 6.58. The van der Waals surface area contributed by atoms with Gasteiger partial charge >= 0.3 is 0 Å². The molecule has 1 heterocycles. The molecule has 4 nitrogen and oxygen atoms in total. The van der Waals surface area contributed by atoms with Gasteiger partial charge in [0.2, 0.25) is 0 Å². The first kappa shape index (κ1) is 15.8. The number of rotatable bonds is 8. The summed E-state index contributed by atoms with van der Waals surface area (Å²) in [6.07, 6.45) is 5.68. The lowest BCUT2D eigenvalue weighted by molar-refractivity contribution is 0.111. The second kappa shape index (κ2) is 8.67. The standard InChI is InChI=1S/C17H25NO3/c1-2-11-20-16-7-6-15(14-19)17(13-16)21-12-10-18-8-4-3-5-9-18/h6-7,13-14H,2-5,8-12H2,1H3. The molecular formula is C17H25NO3. The molecule has 0 aromatic heterocycles. The van der Waals surface area contributed by atoms with E-state index >= 15 is 0 Å². The maximum atomic E-state index is 11.1. The van der Waals surface area contributed by atoms with Gasteiger partial charge in [-0.1, -0.05) is 13.3 Å². The SMILES string of the molecule is CCCOc1ccc(C=O)c(OCCN2CCCCC2)c1. The predicted molar refractivity (Wildman–Crippen MR) is 83.4 cm³/mol. The fourth-order valence-electron chi connectivity index (χ4n) is 2.51. The molecule has 0 saturated carbocycles. The number of carbonyl (C=O) groups excluding carboxylic acids is 1. The lowest BCUT2D eigenvalue weighted by Crippen LogP contribution is -2.33. The minimum atomic E-state index is 0.581. The molecule has 1 saturated heterocycles. The van der Waals surface area contributed by atoms with E-state index in [0.717, 1.165) is 38.1 Å². The lowest BCUT2D eigenvalue weighted by Gasteiger charge is -2.26. The Hall–Kier alpha value is -1.55. The summed E-state index contributed by atoms with van der Waals surface area (Å²) >= 11 is 0. The van der Waals surface area contributed by atoms with E-state index in [4.69, 9.17) is 9.47 Å². The third-order valence-electron chi connectivity index (χ3n) is 3.70. The number of hydrogen-bond donors (Lipinski definition) is 0. The molecule has 0 unspecified atom stereocenters. The molecule has 2 rings (SSSR count). The van der Waals surface area contributed by atoms with Crippen LogP contribution in [0, 0.1) is 0 Å². The third-order valence-corrected chi connectivity index (χ3v) is 3.70. The Kier molecular flexibility index (Phi) is 6.54. The number of likely N-dealkylation sites (tertiary alicyclic amines) is 1. The second-order valence-corrected chi connectivity index (χ2v) is 5.42. The van der Waals surface area contributed by atoms with E-state index in [1.165, 1.54) is 19.3 Å². The zero-order chi connectivity index (χ0) is 14.9. The summed E-state index contributed by atoms with van der Waals surface area (Å²) in [5, 5.41) is 0. The largest absolute Gasteiger partial charge is 0.493 e. The zero-order valence-electron chi connectivity index (χ0n) is 12.8. The topological polar surface area (TPSA) is 38.8 Å². The van der Waals surface area contributed by atoms with Gasteiger partial charge in [-0.2, -0.15) is 0 Å². The molecule has 1 fully saturated rings. The van der Waals surface area contributed by atoms with Gasteiger partial charge in [-0.25, -0.2) is 0 Å². The number of piperidine rings is 1. The maximum absolute atomic E-state index is 11.1. The van der Waals surface area contributed by atoms with Crippen molar-refractivity contribution in [3.63, 3.8) is 0 Å². The average molecular weight is 291 g/mol. The minimum absolute atomic E-state index is 0.581. The number of carbonyl (C=O) groups is 1. The molecule has 116 valence electrons. The van der Waals surface area contributed by atoms with Crippen LogP contribution >= 0.6 is 0 Å². The van der Waals surface area contributed by atoms with E-state index < -0.39 is 0 Å². The van der Waals surface area contributed by atoms with Gasteiger partial charge in [0.25, 0.3) is 0 Å². The molecule has 1 aliphatic heterocycles. The van der Waals surface area contributed by atoms with Crippen molar-refractivity contribution in [2.75, 3.05) is 32.8 Å². The van der Waals surface area contributed by atoms with Crippen LogP contribution in [0.25, 0.3) is 0 Å². The molecule has 0 spiro atoms. The molecule has 1 aliphatic rings. The van der Waals surface area contributed by atoms with Crippen molar-refractivity contribution in [2.24, 2.45) is 0 Å². The van der Waals surface area contributed by atoms with Crippen LogP contribution in [0.15, 0.2) is 18.2 Å². The molecule has 1 aromatic rings. The van der Waals surface area contributed by atoms with Gasteiger partial charge in [0.05, 0.1) is 12.2 Å². The molecule has 4 heteroatoms. The third kappa shape index (κ3) is 5.05. The smallest absolute Gasteiger partial charge is 0.153 e. The Balaban J connectivity index is 1.88. The van der Waals surface area contributed by atoms with Gasteiger partial charge in [-0.15, -0.1) is 0 Å². The summed E-state index contributed by atoms with van der Waals surface area (Å²) in [5.74, 6) is 1.38. The van der Waals surface area contributed by atoms with Crippen molar-refractivity contribution < 1.29 is 14.3 Å². The number of nitrogens with zero attached hydrogens (tertiary/aromatic N) is 1. The van der Waals surface area contributed by atoms with E-state index in [9.17, 15) is 4.79 Å². The van der Waals surface area contributed by atoms with E-state index in [2.05, 4.69) is 11.8 Å². The van der Waals surface area contributed by atoms with Crippen molar-refractivity contribution in [1.29, 1.82) is 0 Å². The Morgan fingerprint density at radius 2 is 1.95 bits per heavy atom.